The van der Waals surface area contributed by atoms with Crippen molar-refractivity contribution in [2.75, 3.05) is 0 Å². The Bertz CT molecular complexity index is 292. The lowest BCUT2D eigenvalue weighted by atomic mass is 10.3. The molecule has 1 rings (SSSR count). The van der Waals surface area contributed by atoms with Crippen LogP contribution in [0.4, 0.5) is 0 Å². The van der Waals surface area contributed by atoms with Crippen LogP contribution < -0.4 is 0 Å². The quantitative estimate of drug-likeness (QED) is 0.613. The first-order valence-corrected chi connectivity index (χ1v) is 2.86. The van der Waals surface area contributed by atoms with Crippen LogP contribution in [0.25, 0.3) is 0 Å². The average Bonchev–Trinajstić information content (AvgIpc) is 1.88. The third kappa shape index (κ3) is 1.17. The number of nitriles is 1. The summed E-state index contributed by atoms with van der Waals surface area (Å²) in [5.74, 6) is -0.185. The van der Waals surface area contributed by atoms with Crippen LogP contribution in [0.5, 0.6) is 5.75 Å². The largest absolute Gasteiger partial charge is 0.505 e. The molecule has 0 aliphatic rings. The van der Waals surface area contributed by atoms with Crippen molar-refractivity contribution < 1.29 is 5.11 Å². The molecule has 4 heteroatoms. The predicted molar refractivity (Wildman–Crippen MR) is 35.6 cm³/mol. The molecule has 0 aliphatic heterocycles. The summed E-state index contributed by atoms with van der Waals surface area (Å²) in [6.07, 6.45) is 1.31. The summed E-state index contributed by atoms with van der Waals surface area (Å²) >= 11 is 5.44. The topological polar surface area (TPSA) is 56.9 Å². The molecule has 10 heavy (non-hydrogen) atoms. The Balaban J connectivity index is 3.23. The lowest BCUT2D eigenvalue weighted by Gasteiger charge is -1.92. The van der Waals surface area contributed by atoms with Gasteiger partial charge in [0.1, 0.15) is 6.07 Å². The third-order valence-electron chi connectivity index (χ3n) is 0.940. The first kappa shape index (κ1) is 6.84. The minimum absolute atomic E-state index is 0.00981. The number of halogens is 1. The van der Waals surface area contributed by atoms with E-state index in [-0.39, 0.29) is 11.4 Å². The van der Waals surface area contributed by atoms with Crippen molar-refractivity contribution in [1.82, 2.24) is 4.98 Å². The Kier molecular flexibility index (Phi) is 1.74. The maximum atomic E-state index is 8.92. The molecule has 0 aliphatic carbocycles. The molecule has 0 bridgehead atoms. The average molecular weight is 155 g/mol. The summed E-state index contributed by atoms with van der Waals surface area (Å²) in [5.41, 5.74) is -0.00981. The second-order valence-electron chi connectivity index (χ2n) is 1.63. The van der Waals surface area contributed by atoms with Crippen LogP contribution in [0.2, 0.25) is 5.02 Å². The highest BCUT2D eigenvalue weighted by Crippen LogP contribution is 2.17. The molecule has 1 aromatic rings. The molecule has 0 atom stereocenters. The Labute approximate surface area is 62.5 Å². The van der Waals surface area contributed by atoms with Crippen molar-refractivity contribution in [2.24, 2.45) is 0 Å². The SMILES string of the molecule is N#Cc1ncc(Cl)cc1O. The molecule has 0 fully saturated rings. The van der Waals surface area contributed by atoms with Gasteiger partial charge in [-0.25, -0.2) is 4.98 Å². The minimum Gasteiger partial charge on any atom is -0.505 e. The molecule has 0 saturated heterocycles. The van der Waals surface area contributed by atoms with Crippen LogP contribution in [-0.2, 0) is 0 Å². The zero-order chi connectivity index (χ0) is 7.56. The van der Waals surface area contributed by atoms with E-state index < -0.39 is 0 Å². The summed E-state index contributed by atoms with van der Waals surface area (Å²) in [6.45, 7) is 0. The number of hydrogen-bond acceptors (Lipinski definition) is 3. The van der Waals surface area contributed by atoms with E-state index in [2.05, 4.69) is 4.98 Å². The van der Waals surface area contributed by atoms with Crippen LogP contribution in [-0.4, -0.2) is 10.1 Å². The van der Waals surface area contributed by atoms with Gasteiger partial charge in [0.25, 0.3) is 0 Å². The Morgan fingerprint density at radius 2 is 2.40 bits per heavy atom. The number of aromatic nitrogens is 1. The predicted octanol–water partition coefficient (Wildman–Crippen LogP) is 1.31. The molecule has 0 unspecified atom stereocenters. The highest BCUT2D eigenvalue weighted by Gasteiger charge is 1.99. The van der Waals surface area contributed by atoms with Crippen molar-refractivity contribution in [2.45, 2.75) is 0 Å². The molecule has 0 amide bonds. The fourth-order valence-electron chi connectivity index (χ4n) is 0.515. The molecule has 1 aromatic heterocycles. The zero-order valence-corrected chi connectivity index (χ0v) is 5.63. The van der Waals surface area contributed by atoms with E-state index in [1.807, 2.05) is 0 Å². The zero-order valence-electron chi connectivity index (χ0n) is 4.87. The summed E-state index contributed by atoms with van der Waals surface area (Å²) in [4.78, 5) is 3.55. The smallest absolute Gasteiger partial charge is 0.182 e. The number of nitrogens with zero attached hydrogens (tertiary/aromatic N) is 2. The molecule has 50 valence electrons. The number of aromatic hydroxyl groups is 1. The first-order chi connectivity index (χ1) is 4.74. The maximum absolute atomic E-state index is 8.92. The molecule has 0 aromatic carbocycles. The van der Waals surface area contributed by atoms with E-state index in [9.17, 15) is 0 Å². The normalized spacial score (nSPS) is 8.80. The second-order valence-corrected chi connectivity index (χ2v) is 2.07. The number of pyridine rings is 1. The van der Waals surface area contributed by atoms with Crippen LogP contribution >= 0.6 is 11.6 Å². The molecule has 0 spiro atoms. The van der Waals surface area contributed by atoms with Crippen LogP contribution in [0.1, 0.15) is 5.69 Å². The van der Waals surface area contributed by atoms with Gasteiger partial charge in [0.05, 0.1) is 5.02 Å². The van der Waals surface area contributed by atoms with Gasteiger partial charge in [-0.05, 0) is 0 Å². The van der Waals surface area contributed by atoms with E-state index >= 15 is 0 Å². The van der Waals surface area contributed by atoms with Crippen molar-refractivity contribution >= 4 is 11.6 Å². The summed E-state index contributed by atoms with van der Waals surface area (Å²) in [7, 11) is 0. The van der Waals surface area contributed by atoms with Gasteiger partial charge in [0, 0.05) is 12.3 Å². The molecular weight excluding hydrogens is 152 g/mol. The van der Waals surface area contributed by atoms with Crippen molar-refractivity contribution in [1.29, 1.82) is 5.26 Å². The monoisotopic (exact) mass is 154 g/mol. The lowest BCUT2D eigenvalue weighted by Crippen LogP contribution is -1.81. The lowest BCUT2D eigenvalue weighted by molar-refractivity contribution is 0.470. The van der Waals surface area contributed by atoms with E-state index in [0.717, 1.165) is 0 Å². The second kappa shape index (κ2) is 2.54. The van der Waals surface area contributed by atoms with Gasteiger partial charge in [0.15, 0.2) is 11.4 Å². The summed E-state index contributed by atoms with van der Waals surface area (Å²) in [5, 5.41) is 17.5. The molecule has 1 N–H and O–H groups in total. The summed E-state index contributed by atoms with van der Waals surface area (Å²) in [6, 6.07) is 2.97. The first-order valence-electron chi connectivity index (χ1n) is 2.48. The van der Waals surface area contributed by atoms with Crippen molar-refractivity contribution in [3.05, 3.63) is 23.0 Å². The van der Waals surface area contributed by atoms with E-state index in [1.54, 1.807) is 6.07 Å². The van der Waals surface area contributed by atoms with Crippen molar-refractivity contribution in [3.8, 4) is 11.8 Å². The fourth-order valence-corrected chi connectivity index (χ4v) is 0.667. The highest BCUT2D eigenvalue weighted by atomic mass is 35.5. The van der Waals surface area contributed by atoms with Crippen molar-refractivity contribution in [3.63, 3.8) is 0 Å². The summed E-state index contributed by atoms with van der Waals surface area (Å²) < 4.78 is 0. The Hall–Kier alpha value is -1.27. The van der Waals surface area contributed by atoms with Gasteiger partial charge in [-0.2, -0.15) is 5.26 Å². The fraction of sp³-hybridized carbons (Fsp3) is 0. The highest BCUT2D eigenvalue weighted by molar-refractivity contribution is 6.30. The third-order valence-corrected chi connectivity index (χ3v) is 1.15. The van der Waals surface area contributed by atoms with Gasteiger partial charge in [-0.3, -0.25) is 0 Å². The maximum Gasteiger partial charge on any atom is 0.182 e. The minimum atomic E-state index is -0.185. The molecule has 0 saturated carbocycles. The van der Waals surface area contributed by atoms with E-state index in [0.29, 0.717) is 5.02 Å². The van der Waals surface area contributed by atoms with Crippen LogP contribution in [0.3, 0.4) is 0 Å². The number of rotatable bonds is 0. The van der Waals surface area contributed by atoms with Crippen LogP contribution in [0, 0.1) is 11.3 Å². The molecular formula is C6H3ClN2O. The molecule has 1 heterocycles. The van der Waals surface area contributed by atoms with Gasteiger partial charge >= 0.3 is 0 Å². The van der Waals surface area contributed by atoms with Gasteiger partial charge in [-0.1, -0.05) is 11.6 Å². The Morgan fingerprint density at radius 1 is 1.70 bits per heavy atom. The van der Waals surface area contributed by atoms with E-state index in [1.165, 1.54) is 12.3 Å². The molecule has 0 radical (unpaired) electrons. The van der Waals surface area contributed by atoms with Crippen LogP contribution in [0.15, 0.2) is 12.3 Å². The number of hydrogen-bond donors (Lipinski definition) is 1. The van der Waals surface area contributed by atoms with Gasteiger partial charge < -0.3 is 5.11 Å². The molecule has 3 nitrogen and oxygen atoms in total. The van der Waals surface area contributed by atoms with Gasteiger partial charge in [0.2, 0.25) is 0 Å². The Morgan fingerprint density at radius 3 is 2.90 bits per heavy atom. The standard InChI is InChI=1S/C6H3ClN2O/c7-4-1-6(10)5(2-8)9-3-4/h1,3,10H. The van der Waals surface area contributed by atoms with E-state index in [4.69, 9.17) is 22.0 Å². The van der Waals surface area contributed by atoms with Gasteiger partial charge in [-0.15, -0.1) is 0 Å².